The summed E-state index contributed by atoms with van der Waals surface area (Å²) in [5.74, 6) is 1.33. The standard InChI is InChI=1S/C25H25FN2O.CH4O/c1-29-24-8-3-2-5-20(24)16-28-12-11-19-15-27-23-10-9-18(14-22(23)25(19)28)17-6-4-7-21(26)13-17;1-2/h2-10,13-14,19,25,27H,11-12,15-16H2,1H3;2H,1H3. The number of para-hydroxylation sites is 1. The highest BCUT2D eigenvalue weighted by Crippen LogP contribution is 2.45. The summed E-state index contributed by atoms with van der Waals surface area (Å²) in [6.45, 7) is 2.94. The lowest BCUT2D eigenvalue weighted by Crippen LogP contribution is -2.32. The van der Waals surface area contributed by atoms with E-state index < -0.39 is 0 Å². The van der Waals surface area contributed by atoms with Gasteiger partial charge in [0.1, 0.15) is 11.6 Å². The van der Waals surface area contributed by atoms with Crippen LogP contribution in [-0.4, -0.2) is 37.3 Å². The summed E-state index contributed by atoms with van der Waals surface area (Å²) in [4.78, 5) is 2.57. The maximum Gasteiger partial charge on any atom is 0.123 e. The Kier molecular flexibility index (Phi) is 6.54. The molecule has 1 fully saturated rings. The Morgan fingerprint density at radius 2 is 1.84 bits per heavy atom. The largest absolute Gasteiger partial charge is 0.496 e. The van der Waals surface area contributed by atoms with Crippen LogP contribution in [0.25, 0.3) is 11.1 Å². The van der Waals surface area contributed by atoms with Crippen LogP contribution >= 0.6 is 0 Å². The van der Waals surface area contributed by atoms with E-state index in [9.17, 15) is 4.39 Å². The summed E-state index contributed by atoms with van der Waals surface area (Å²) >= 11 is 0. The molecule has 5 rings (SSSR count). The summed E-state index contributed by atoms with van der Waals surface area (Å²) < 4.78 is 19.3. The molecule has 3 aromatic rings. The molecule has 2 aliphatic rings. The molecule has 0 bridgehead atoms. The molecular weight excluding hydrogens is 391 g/mol. The second kappa shape index (κ2) is 9.50. The number of aliphatic hydroxyl groups excluding tert-OH is 1. The molecule has 31 heavy (non-hydrogen) atoms. The van der Waals surface area contributed by atoms with Crippen LogP contribution in [0.5, 0.6) is 5.75 Å². The molecule has 0 radical (unpaired) electrons. The van der Waals surface area contributed by atoms with Gasteiger partial charge in [0.05, 0.1) is 7.11 Å². The highest BCUT2D eigenvalue weighted by Gasteiger charge is 2.39. The van der Waals surface area contributed by atoms with Crippen LogP contribution in [0.15, 0.2) is 66.7 Å². The predicted molar refractivity (Wildman–Crippen MR) is 123 cm³/mol. The predicted octanol–water partition coefficient (Wildman–Crippen LogP) is 5.10. The number of nitrogens with one attached hydrogen (secondary N) is 1. The third-order valence-corrected chi connectivity index (χ3v) is 6.28. The van der Waals surface area contributed by atoms with Gasteiger partial charge in [0.25, 0.3) is 0 Å². The maximum absolute atomic E-state index is 13.8. The van der Waals surface area contributed by atoms with E-state index in [1.807, 2.05) is 18.2 Å². The highest BCUT2D eigenvalue weighted by atomic mass is 19.1. The fraction of sp³-hybridized carbons (Fsp3) is 0.308. The topological polar surface area (TPSA) is 44.7 Å². The van der Waals surface area contributed by atoms with E-state index in [1.165, 1.54) is 29.3 Å². The number of rotatable bonds is 4. The Balaban J connectivity index is 0.00000112. The second-order valence-electron chi connectivity index (χ2n) is 7.97. The number of likely N-dealkylation sites (tertiary alicyclic amines) is 1. The Bertz CT molecular complexity index is 1040. The number of halogens is 1. The summed E-state index contributed by atoms with van der Waals surface area (Å²) in [5, 5.41) is 10.6. The minimum Gasteiger partial charge on any atom is -0.496 e. The van der Waals surface area contributed by atoms with Crippen molar-refractivity contribution in [1.82, 2.24) is 4.90 Å². The summed E-state index contributed by atoms with van der Waals surface area (Å²) in [7, 11) is 2.73. The van der Waals surface area contributed by atoms with E-state index in [0.29, 0.717) is 12.0 Å². The van der Waals surface area contributed by atoms with Gasteiger partial charge in [0.2, 0.25) is 0 Å². The van der Waals surface area contributed by atoms with E-state index in [-0.39, 0.29) is 5.82 Å². The smallest absolute Gasteiger partial charge is 0.123 e. The zero-order chi connectivity index (χ0) is 21.8. The van der Waals surface area contributed by atoms with Crippen LogP contribution in [0.1, 0.15) is 23.6 Å². The van der Waals surface area contributed by atoms with Crippen molar-refractivity contribution in [3.8, 4) is 16.9 Å². The molecule has 2 N–H and O–H groups in total. The van der Waals surface area contributed by atoms with Gasteiger partial charge in [0, 0.05) is 37.5 Å². The van der Waals surface area contributed by atoms with Crippen molar-refractivity contribution in [2.24, 2.45) is 5.92 Å². The van der Waals surface area contributed by atoms with Crippen LogP contribution in [0.2, 0.25) is 0 Å². The molecule has 0 spiro atoms. The Morgan fingerprint density at radius 1 is 1.03 bits per heavy atom. The van der Waals surface area contributed by atoms with E-state index >= 15 is 0 Å². The van der Waals surface area contributed by atoms with Crippen molar-refractivity contribution < 1.29 is 14.2 Å². The fourth-order valence-electron chi connectivity index (χ4n) is 4.88. The molecule has 0 amide bonds. The number of aliphatic hydroxyl groups is 1. The Hall–Kier alpha value is -2.89. The van der Waals surface area contributed by atoms with Gasteiger partial charge in [-0.1, -0.05) is 36.4 Å². The molecule has 2 heterocycles. The molecule has 162 valence electrons. The minimum absolute atomic E-state index is 0.199. The number of nitrogens with zero attached hydrogens (tertiary/aromatic N) is 1. The van der Waals surface area contributed by atoms with Crippen LogP contribution in [-0.2, 0) is 6.54 Å². The van der Waals surface area contributed by atoms with E-state index in [2.05, 4.69) is 40.5 Å². The molecular formula is C26H29FN2O2. The first-order chi connectivity index (χ1) is 15.2. The van der Waals surface area contributed by atoms with E-state index in [4.69, 9.17) is 9.84 Å². The first-order valence-corrected chi connectivity index (χ1v) is 10.7. The van der Waals surface area contributed by atoms with Gasteiger partial charge in [-0.05, 0) is 65.9 Å². The van der Waals surface area contributed by atoms with Gasteiger partial charge in [-0.3, -0.25) is 4.90 Å². The Labute approximate surface area is 183 Å². The molecule has 2 atom stereocenters. The van der Waals surface area contributed by atoms with Crippen molar-refractivity contribution in [1.29, 1.82) is 0 Å². The monoisotopic (exact) mass is 420 g/mol. The lowest BCUT2D eigenvalue weighted by Gasteiger charge is -2.35. The highest BCUT2D eigenvalue weighted by molar-refractivity contribution is 5.70. The van der Waals surface area contributed by atoms with Gasteiger partial charge < -0.3 is 15.2 Å². The number of ether oxygens (including phenoxy) is 1. The van der Waals surface area contributed by atoms with Crippen LogP contribution in [0.4, 0.5) is 10.1 Å². The van der Waals surface area contributed by atoms with Gasteiger partial charge in [-0.15, -0.1) is 0 Å². The van der Waals surface area contributed by atoms with Crippen LogP contribution < -0.4 is 10.1 Å². The number of hydrogen-bond acceptors (Lipinski definition) is 4. The van der Waals surface area contributed by atoms with Crippen molar-refractivity contribution in [3.05, 3.63) is 83.7 Å². The van der Waals surface area contributed by atoms with Gasteiger partial charge in [-0.25, -0.2) is 4.39 Å². The van der Waals surface area contributed by atoms with Crippen molar-refractivity contribution in [2.45, 2.75) is 19.0 Å². The second-order valence-corrected chi connectivity index (χ2v) is 7.97. The zero-order valence-electron chi connectivity index (χ0n) is 18.0. The molecule has 5 heteroatoms. The minimum atomic E-state index is -0.199. The van der Waals surface area contributed by atoms with Crippen molar-refractivity contribution >= 4 is 5.69 Å². The van der Waals surface area contributed by atoms with Crippen molar-refractivity contribution in [2.75, 3.05) is 32.6 Å². The number of methoxy groups -OCH3 is 1. The molecule has 2 aliphatic heterocycles. The van der Waals surface area contributed by atoms with Crippen LogP contribution in [0.3, 0.4) is 0 Å². The maximum atomic E-state index is 13.8. The fourth-order valence-corrected chi connectivity index (χ4v) is 4.88. The zero-order valence-corrected chi connectivity index (χ0v) is 18.0. The lowest BCUT2D eigenvalue weighted by atomic mass is 9.87. The molecule has 2 unspecified atom stereocenters. The lowest BCUT2D eigenvalue weighted by molar-refractivity contribution is 0.217. The summed E-state index contributed by atoms with van der Waals surface area (Å²) in [6, 6.07) is 21.9. The van der Waals surface area contributed by atoms with Crippen LogP contribution in [0, 0.1) is 11.7 Å². The first kappa shape index (κ1) is 21.3. The molecule has 4 nitrogen and oxygen atoms in total. The third-order valence-electron chi connectivity index (χ3n) is 6.28. The Morgan fingerprint density at radius 3 is 2.65 bits per heavy atom. The molecule has 0 aromatic heterocycles. The molecule has 1 saturated heterocycles. The number of fused-ring (bicyclic) bond motifs is 3. The number of anilines is 1. The normalized spacial score (nSPS) is 19.5. The average molecular weight is 421 g/mol. The van der Waals surface area contributed by atoms with Gasteiger partial charge in [0.15, 0.2) is 0 Å². The summed E-state index contributed by atoms with van der Waals surface area (Å²) in [6.07, 6.45) is 1.18. The van der Waals surface area contributed by atoms with Crippen molar-refractivity contribution in [3.63, 3.8) is 0 Å². The SMILES string of the molecule is CO.COc1ccccc1CN1CCC2CNc3ccc(-c4cccc(F)c4)cc3C21. The first-order valence-electron chi connectivity index (χ1n) is 10.7. The molecule has 0 saturated carbocycles. The average Bonchev–Trinajstić information content (AvgIpc) is 3.23. The molecule has 0 aliphatic carbocycles. The molecule has 3 aromatic carbocycles. The quantitative estimate of drug-likeness (QED) is 0.617. The van der Waals surface area contributed by atoms with Gasteiger partial charge in [-0.2, -0.15) is 0 Å². The third kappa shape index (κ3) is 4.29. The summed E-state index contributed by atoms with van der Waals surface area (Å²) in [5.41, 5.74) is 5.71. The van der Waals surface area contributed by atoms with E-state index in [0.717, 1.165) is 43.6 Å². The van der Waals surface area contributed by atoms with E-state index in [1.54, 1.807) is 19.2 Å². The number of benzene rings is 3. The number of hydrogen-bond donors (Lipinski definition) is 2. The van der Waals surface area contributed by atoms with Gasteiger partial charge >= 0.3 is 0 Å².